The Morgan fingerprint density at radius 2 is 1.95 bits per heavy atom. The lowest BCUT2D eigenvalue weighted by Gasteiger charge is -2.11. The third-order valence-corrected chi connectivity index (χ3v) is 3.66. The van der Waals surface area contributed by atoms with Gasteiger partial charge in [-0.1, -0.05) is 18.2 Å². The maximum absolute atomic E-state index is 12.5. The van der Waals surface area contributed by atoms with E-state index < -0.39 is 0 Å². The van der Waals surface area contributed by atoms with Gasteiger partial charge in [-0.2, -0.15) is 0 Å². The van der Waals surface area contributed by atoms with Crippen LogP contribution in [0, 0.1) is 13.8 Å². The molecule has 4 heteroatoms. The molecule has 0 spiro atoms. The highest BCUT2D eigenvalue weighted by Crippen LogP contribution is 2.37. The van der Waals surface area contributed by atoms with Gasteiger partial charge in [0.15, 0.2) is 0 Å². The first-order valence-corrected chi connectivity index (χ1v) is 6.81. The number of aryl methyl sites for hydroxylation is 2. The highest BCUT2D eigenvalue weighted by molar-refractivity contribution is 6.41. The van der Waals surface area contributed by atoms with Crippen LogP contribution in [0.25, 0.3) is 11.6 Å². The minimum absolute atomic E-state index is 0.268. The molecule has 3 rings (SSSR count). The smallest absolute Gasteiger partial charge is 0.265 e. The van der Waals surface area contributed by atoms with Crippen molar-refractivity contribution in [1.82, 2.24) is 4.98 Å². The fourth-order valence-electron chi connectivity index (χ4n) is 2.74. The summed E-state index contributed by atoms with van der Waals surface area (Å²) in [7, 11) is 0. The summed E-state index contributed by atoms with van der Waals surface area (Å²) >= 11 is 0. The predicted molar refractivity (Wildman–Crippen MR) is 82.7 cm³/mol. The second-order valence-corrected chi connectivity index (χ2v) is 5.28. The monoisotopic (exact) mass is 280 g/mol. The zero-order valence-electron chi connectivity index (χ0n) is 12.2. The molecule has 4 nitrogen and oxygen atoms in total. The quantitative estimate of drug-likeness (QED) is 0.816. The van der Waals surface area contributed by atoms with Crippen LogP contribution in [-0.4, -0.2) is 16.8 Å². The molecule has 1 N–H and O–H groups in total. The molecule has 2 aromatic rings. The summed E-state index contributed by atoms with van der Waals surface area (Å²) in [6, 6.07) is 9.39. The third-order valence-electron chi connectivity index (χ3n) is 3.66. The number of H-pyrrole nitrogens is 1. The SMILES string of the molecule is CC(=O)N1C(=O)C(=Cc2[nH]c(C)cc2C)c2ccccc21. The average molecular weight is 280 g/mol. The number of aromatic amines is 1. The van der Waals surface area contributed by atoms with Crippen LogP contribution in [-0.2, 0) is 9.59 Å². The zero-order chi connectivity index (χ0) is 15.1. The van der Waals surface area contributed by atoms with Crippen molar-refractivity contribution in [2.75, 3.05) is 4.90 Å². The maximum Gasteiger partial charge on any atom is 0.265 e. The van der Waals surface area contributed by atoms with Crippen LogP contribution in [0.5, 0.6) is 0 Å². The summed E-state index contributed by atoms with van der Waals surface area (Å²) < 4.78 is 0. The van der Waals surface area contributed by atoms with Gasteiger partial charge in [0.1, 0.15) is 0 Å². The number of para-hydroxylation sites is 1. The fraction of sp³-hybridized carbons (Fsp3) is 0.176. The number of nitrogens with zero attached hydrogens (tertiary/aromatic N) is 1. The van der Waals surface area contributed by atoms with Crippen LogP contribution in [0.2, 0.25) is 0 Å². The molecule has 0 radical (unpaired) electrons. The first-order valence-electron chi connectivity index (χ1n) is 6.81. The van der Waals surface area contributed by atoms with E-state index >= 15 is 0 Å². The molecule has 0 atom stereocenters. The van der Waals surface area contributed by atoms with Crippen LogP contribution in [0.15, 0.2) is 30.3 Å². The van der Waals surface area contributed by atoms with Crippen molar-refractivity contribution in [3.63, 3.8) is 0 Å². The summed E-state index contributed by atoms with van der Waals surface area (Å²) in [5.41, 5.74) is 5.02. The molecule has 106 valence electrons. The van der Waals surface area contributed by atoms with E-state index in [1.807, 2.05) is 44.2 Å². The third kappa shape index (κ3) is 2.09. The Balaban J connectivity index is 2.18. The van der Waals surface area contributed by atoms with Gasteiger partial charge in [0, 0.05) is 23.9 Å². The first-order chi connectivity index (χ1) is 9.99. The molecule has 1 aromatic carbocycles. The van der Waals surface area contributed by atoms with E-state index in [1.165, 1.54) is 11.8 Å². The summed E-state index contributed by atoms with van der Waals surface area (Å²) in [6.45, 7) is 5.37. The van der Waals surface area contributed by atoms with Gasteiger partial charge >= 0.3 is 0 Å². The van der Waals surface area contributed by atoms with Crippen molar-refractivity contribution in [2.45, 2.75) is 20.8 Å². The van der Waals surface area contributed by atoms with Crippen LogP contribution < -0.4 is 4.90 Å². The number of anilines is 1. The number of imide groups is 1. The molecule has 0 saturated carbocycles. The Morgan fingerprint density at radius 1 is 1.24 bits per heavy atom. The standard InChI is InChI=1S/C17H16N2O2/c1-10-8-11(2)18-15(10)9-14-13-6-4-5-7-16(13)19(12(3)20)17(14)21/h4-9,18H,1-3H3. The average Bonchev–Trinajstić information content (AvgIpc) is 2.88. The number of amides is 2. The van der Waals surface area contributed by atoms with Crippen molar-refractivity contribution in [1.29, 1.82) is 0 Å². The van der Waals surface area contributed by atoms with Gasteiger partial charge in [0.2, 0.25) is 5.91 Å². The van der Waals surface area contributed by atoms with Gasteiger partial charge in [-0.15, -0.1) is 0 Å². The van der Waals surface area contributed by atoms with Crippen LogP contribution in [0.1, 0.15) is 29.4 Å². The second kappa shape index (κ2) is 4.74. The van der Waals surface area contributed by atoms with E-state index in [1.54, 1.807) is 6.07 Å². The first kappa shape index (κ1) is 13.4. The molecule has 0 saturated heterocycles. The summed E-state index contributed by atoms with van der Waals surface area (Å²) in [5, 5.41) is 0. The van der Waals surface area contributed by atoms with Gasteiger partial charge in [0.25, 0.3) is 5.91 Å². The van der Waals surface area contributed by atoms with Crippen molar-refractivity contribution in [2.24, 2.45) is 0 Å². The molecule has 1 aliphatic heterocycles. The maximum atomic E-state index is 12.5. The minimum Gasteiger partial charge on any atom is -0.359 e. The molecule has 21 heavy (non-hydrogen) atoms. The minimum atomic E-state index is -0.268. The lowest BCUT2D eigenvalue weighted by atomic mass is 10.1. The van der Waals surface area contributed by atoms with Gasteiger partial charge < -0.3 is 4.98 Å². The van der Waals surface area contributed by atoms with Crippen molar-refractivity contribution >= 4 is 29.2 Å². The molecule has 2 amide bonds. The van der Waals surface area contributed by atoms with E-state index in [-0.39, 0.29) is 11.8 Å². The number of rotatable bonds is 1. The van der Waals surface area contributed by atoms with Gasteiger partial charge in [-0.05, 0) is 37.6 Å². The Hall–Kier alpha value is -2.62. The molecule has 0 bridgehead atoms. The number of fused-ring (bicyclic) bond motifs is 1. The van der Waals surface area contributed by atoms with E-state index in [0.717, 1.165) is 22.5 Å². The highest BCUT2D eigenvalue weighted by atomic mass is 16.2. The molecular formula is C17H16N2O2. The molecule has 0 fully saturated rings. The lowest BCUT2D eigenvalue weighted by molar-refractivity contribution is -0.122. The van der Waals surface area contributed by atoms with E-state index in [2.05, 4.69) is 4.98 Å². The number of hydrogen-bond acceptors (Lipinski definition) is 2. The van der Waals surface area contributed by atoms with E-state index in [4.69, 9.17) is 0 Å². The Morgan fingerprint density at radius 3 is 2.57 bits per heavy atom. The zero-order valence-corrected chi connectivity index (χ0v) is 12.2. The molecule has 1 aromatic heterocycles. The summed E-state index contributed by atoms with van der Waals surface area (Å²) in [4.78, 5) is 28.8. The largest absolute Gasteiger partial charge is 0.359 e. The topological polar surface area (TPSA) is 53.2 Å². The molecule has 2 heterocycles. The van der Waals surface area contributed by atoms with Crippen molar-refractivity contribution in [3.05, 3.63) is 52.8 Å². The fourth-order valence-corrected chi connectivity index (χ4v) is 2.74. The predicted octanol–water partition coefficient (Wildman–Crippen LogP) is 3.07. The number of nitrogens with one attached hydrogen (secondary N) is 1. The Labute approximate surface area is 123 Å². The van der Waals surface area contributed by atoms with Gasteiger partial charge in [-0.25, -0.2) is 4.90 Å². The number of carbonyl (C=O) groups excluding carboxylic acids is 2. The van der Waals surface area contributed by atoms with Crippen LogP contribution in [0.3, 0.4) is 0 Å². The highest BCUT2D eigenvalue weighted by Gasteiger charge is 2.34. The lowest BCUT2D eigenvalue weighted by Crippen LogP contribution is -2.31. The summed E-state index contributed by atoms with van der Waals surface area (Å²) in [5.74, 6) is -0.536. The number of benzene rings is 1. The number of hydrogen-bond donors (Lipinski definition) is 1. The van der Waals surface area contributed by atoms with Gasteiger partial charge in [0.05, 0.1) is 11.3 Å². The van der Waals surface area contributed by atoms with Crippen molar-refractivity contribution in [3.8, 4) is 0 Å². The number of aromatic nitrogens is 1. The molecule has 0 aliphatic carbocycles. The van der Waals surface area contributed by atoms with Crippen LogP contribution >= 0.6 is 0 Å². The van der Waals surface area contributed by atoms with E-state index in [0.29, 0.717) is 11.3 Å². The molecule has 1 aliphatic rings. The second-order valence-electron chi connectivity index (χ2n) is 5.28. The molecule has 0 unspecified atom stereocenters. The molecular weight excluding hydrogens is 264 g/mol. The number of carbonyl (C=O) groups is 2. The Kier molecular flexibility index (Phi) is 3.01. The Bertz CT molecular complexity index is 784. The van der Waals surface area contributed by atoms with Gasteiger partial charge in [-0.3, -0.25) is 9.59 Å². The summed E-state index contributed by atoms with van der Waals surface area (Å²) in [6.07, 6.45) is 1.83. The normalized spacial score (nSPS) is 15.7. The van der Waals surface area contributed by atoms with E-state index in [9.17, 15) is 9.59 Å². The van der Waals surface area contributed by atoms with Crippen molar-refractivity contribution < 1.29 is 9.59 Å². The van der Waals surface area contributed by atoms with Crippen LogP contribution in [0.4, 0.5) is 5.69 Å².